The summed E-state index contributed by atoms with van der Waals surface area (Å²) < 4.78 is 5.89. The van der Waals surface area contributed by atoms with E-state index < -0.39 is 0 Å². The zero-order chi connectivity index (χ0) is 28.4. The topological polar surface area (TPSA) is 75.6 Å². The Balaban J connectivity index is 1.16. The van der Waals surface area contributed by atoms with Crippen LogP contribution in [0.1, 0.15) is 71.6 Å². The molecule has 4 fully saturated rings. The molecular formula is C34H41N5O2. The molecule has 7 nitrogen and oxygen atoms in total. The van der Waals surface area contributed by atoms with Crippen molar-refractivity contribution in [3.63, 3.8) is 0 Å². The first kappa shape index (κ1) is 26.6. The number of nitriles is 1. The molecule has 2 aliphatic carbocycles. The third kappa shape index (κ3) is 4.52. The van der Waals surface area contributed by atoms with Gasteiger partial charge >= 0.3 is 0 Å². The van der Waals surface area contributed by atoms with Crippen LogP contribution in [0.15, 0.2) is 42.6 Å². The quantitative estimate of drug-likeness (QED) is 0.443. The second-order valence-electron chi connectivity index (χ2n) is 13.3. The minimum atomic E-state index is 0.156. The number of piperazine rings is 1. The first-order chi connectivity index (χ1) is 19.8. The molecule has 1 aromatic heterocycles. The summed E-state index contributed by atoms with van der Waals surface area (Å²) in [4.78, 5) is 24.0. The molecule has 2 spiro atoms. The highest BCUT2D eigenvalue weighted by molar-refractivity contribution is 5.94. The van der Waals surface area contributed by atoms with Gasteiger partial charge in [0.25, 0.3) is 5.91 Å². The Labute approximate surface area is 243 Å². The molecule has 3 aromatic rings. The molecule has 4 aliphatic rings. The van der Waals surface area contributed by atoms with E-state index in [0.717, 1.165) is 69.7 Å². The maximum atomic E-state index is 13.5. The van der Waals surface area contributed by atoms with Crippen LogP contribution in [0, 0.1) is 29.6 Å². The zero-order valence-electron chi connectivity index (χ0n) is 24.6. The number of carbonyl (C=O) groups excluding carboxylic acids is 1. The minimum Gasteiger partial charge on any atom is -0.496 e. The lowest BCUT2D eigenvalue weighted by atomic mass is 9.56. The molecule has 1 atom stereocenters. The highest BCUT2D eigenvalue weighted by atomic mass is 16.5. The van der Waals surface area contributed by atoms with Crippen molar-refractivity contribution in [2.75, 3.05) is 40.3 Å². The summed E-state index contributed by atoms with van der Waals surface area (Å²) in [6.45, 7) is 6.48. The van der Waals surface area contributed by atoms with E-state index in [9.17, 15) is 10.1 Å². The van der Waals surface area contributed by atoms with E-state index in [4.69, 9.17) is 4.74 Å². The molecule has 7 heteroatoms. The van der Waals surface area contributed by atoms with Gasteiger partial charge in [0.15, 0.2) is 0 Å². The highest BCUT2D eigenvalue weighted by Gasteiger charge is 2.51. The smallest absolute Gasteiger partial charge is 0.253 e. The van der Waals surface area contributed by atoms with Crippen LogP contribution in [0.25, 0.3) is 10.9 Å². The number of nitrogens with zero attached hydrogens (tertiary/aromatic N) is 4. The fourth-order valence-corrected chi connectivity index (χ4v) is 8.08. The summed E-state index contributed by atoms with van der Waals surface area (Å²) in [7, 11) is 3.96. The largest absolute Gasteiger partial charge is 0.496 e. The third-order valence-corrected chi connectivity index (χ3v) is 10.9. The SMILES string of the molecule is COc1cc(C)c2[nH]ccc2c1CN1CCC2(CC(C#N)C2)CC1c1ccc(C(=O)N2CCN(C)C3(CC3)C2)cc1. The summed E-state index contributed by atoms with van der Waals surface area (Å²) in [5.74, 6) is 1.28. The number of piperidine rings is 1. The van der Waals surface area contributed by atoms with Crippen molar-refractivity contribution >= 4 is 16.8 Å². The van der Waals surface area contributed by atoms with Gasteiger partial charge < -0.3 is 14.6 Å². The van der Waals surface area contributed by atoms with Crippen LogP contribution >= 0.6 is 0 Å². The van der Waals surface area contributed by atoms with E-state index >= 15 is 0 Å². The Kier molecular flexibility index (Phi) is 6.40. The second kappa shape index (κ2) is 9.89. The number of carbonyl (C=O) groups is 1. The number of nitrogens with one attached hydrogen (secondary N) is 1. The molecule has 2 aromatic carbocycles. The van der Waals surface area contributed by atoms with Crippen molar-refractivity contribution in [3.8, 4) is 11.8 Å². The Bertz CT molecular complexity index is 1510. The van der Waals surface area contributed by atoms with Gasteiger partial charge in [-0.1, -0.05) is 12.1 Å². The van der Waals surface area contributed by atoms with Crippen LogP contribution in [0.4, 0.5) is 0 Å². The number of benzene rings is 2. The molecule has 41 heavy (non-hydrogen) atoms. The predicted octanol–water partition coefficient (Wildman–Crippen LogP) is 5.66. The lowest BCUT2D eigenvalue weighted by Gasteiger charge is -2.53. The number of ether oxygens (including phenoxy) is 1. The number of H-pyrrole nitrogens is 1. The van der Waals surface area contributed by atoms with Gasteiger partial charge in [0.1, 0.15) is 5.75 Å². The van der Waals surface area contributed by atoms with Crippen LogP contribution in [-0.2, 0) is 6.54 Å². The molecule has 1 unspecified atom stereocenters. The number of aryl methyl sites for hydroxylation is 1. The molecule has 7 rings (SSSR count). The number of likely N-dealkylation sites (tertiary alicyclic amines) is 1. The monoisotopic (exact) mass is 551 g/mol. The Morgan fingerprint density at radius 2 is 1.88 bits per heavy atom. The minimum absolute atomic E-state index is 0.156. The molecule has 2 saturated carbocycles. The lowest BCUT2D eigenvalue weighted by molar-refractivity contribution is -0.0298. The van der Waals surface area contributed by atoms with E-state index in [-0.39, 0.29) is 28.8 Å². The number of likely N-dealkylation sites (N-methyl/N-ethyl adjacent to an activating group) is 1. The summed E-state index contributed by atoms with van der Waals surface area (Å²) in [6, 6.07) is 15.5. The number of amides is 1. The number of hydrogen-bond donors (Lipinski definition) is 1. The average Bonchev–Trinajstić information content (AvgIpc) is 3.56. The lowest BCUT2D eigenvalue weighted by Crippen LogP contribution is -2.54. The molecule has 1 N–H and O–H groups in total. The third-order valence-electron chi connectivity index (χ3n) is 10.9. The standard InChI is InChI=1S/C34H41N5O2/c1-23-16-30(41-3)28(27-8-12-36-31(23)27)21-38-13-11-33(17-24(18-33)20-35)19-29(38)25-4-6-26(7-5-25)32(40)39-15-14-37(2)34(22-39)9-10-34/h4-8,12,16,24,29,36H,9-11,13-15,17-19,21-22H2,1-3H3. The van der Waals surface area contributed by atoms with Gasteiger partial charge in [0.05, 0.1) is 13.2 Å². The first-order valence-electron chi connectivity index (χ1n) is 15.2. The van der Waals surface area contributed by atoms with Crippen molar-refractivity contribution in [2.24, 2.45) is 11.3 Å². The fraction of sp³-hybridized carbons (Fsp3) is 0.529. The summed E-state index contributed by atoms with van der Waals surface area (Å²) in [5.41, 5.74) is 6.08. The number of aromatic amines is 1. The van der Waals surface area contributed by atoms with Crippen molar-refractivity contribution in [1.82, 2.24) is 19.7 Å². The number of rotatable bonds is 5. The highest BCUT2D eigenvalue weighted by Crippen LogP contribution is 2.57. The number of methoxy groups -OCH3 is 1. The van der Waals surface area contributed by atoms with Crippen LogP contribution < -0.4 is 4.74 Å². The molecule has 2 saturated heterocycles. The van der Waals surface area contributed by atoms with Gasteiger partial charge in [0.2, 0.25) is 0 Å². The van der Waals surface area contributed by atoms with Gasteiger partial charge in [-0.2, -0.15) is 5.26 Å². The number of fused-ring (bicyclic) bond motifs is 1. The van der Waals surface area contributed by atoms with Gasteiger partial charge in [-0.3, -0.25) is 14.6 Å². The van der Waals surface area contributed by atoms with E-state index in [0.29, 0.717) is 0 Å². The van der Waals surface area contributed by atoms with Crippen LogP contribution in [-0.4, -0.2) is 71.5 Å². The summed E-state index contributed by atoms with van der Waals surface area (Å²) in [5, 5.41) is 10.7. The maximum Gasteiger partial charge on any atom is 0.253 e. The number of hydrogen-bond acceptors (Lipinski definition) is 5. The number of aromatic nitrogens is 1. The molecule has 1 amide bonds. The van der Waals surface area contributed by atoms with Crippen LogP contribution in [0.5, 0.6) is 5.75 Å². The molecule has 0 bridgehead atoms. The van der Waals surface area contributed by atoms with E-state index in [2.05, 4.69) is 64.0 Å². The zero-order valence-corrected chi connectivity index (χ0v) is 24.6. The van der Waals surface area contributed by atoms with E-state index in [1.54, 1.807) is 7.11 Å². The first-order valence-corrected chi connectivity index (χ1v) is 15.2. The Hall–Kier alpha value is -3.34. The molecule has 3 heterocycles. The Morgan fingerprint density at radius 3 is 2.59 bits per heavy atom. The van der Waals surface area contributed by atoms with Crippen LogP contribution in [0.3, 0.4) is 0 Å². The maximum absolute atomic E-state index is 13.5. The van der Waals surface area contributed by atoms with Gasteiger partial charge in [-0.25, -0.2) is 0 Å². The molecule has 2 aliphatic heterocycles. The summed E-state index contributed by atoms with van der Waals surface area (Å²) in [6.07, 6.45) is 8.58. The van der Waals surface area contributed by atoms with Crippen molar-refractivity contribution < 1.29 is 9.53 Å². The molecular weight excluding hydrogens is 510 g/mol. The summed E-state index contributed by atoms with van der Waals surface area (Å²) >= 11 is 0. The van der Waals surface area contributed by atoms with Crippen molar-refractivity contribution in [1.29, 1.82) is 5.26 Å². The van der Waals surface area contributed by atoms with Crippen molar-refractivity contribution in [3.05, 3.63) is 64.8 Å². The van der Waals surface area contributed by atoms with Gasteiger partial charge in [0, 0.05) is 71.9 Å². The van der Waals surface area contributed by atoms with Gasteiger partial charge in [-0.15, -0.1) is 0 Å². The van der Waals surface area contributed by atoms with Crippen molar-refractivity contribution in [2.45, 2.75) is 63.6 Å². The average molecular weight is 552 g/mol. The fourth-order valence-electron chi connectivity index (χ4n) is 8.08. The molecule has 214 valence electrons. The van der Waals surface area contributed by atoms with Crippen LogP contribution in [0.2, 0.25) is 0 Å². The van der Waals surface area contributed by atoms with Gasteiger partial charge in [-0.05, 0) is 99.8 Å². The second-order valence-corrected chi connectivity index (χ2v) is 13.3. The van der Waals surface area contributed by atoms with E-state index in [1.807, 2.05) is 18.3 Å². The Morgan fingerprint density at radius 1 is 1.10 bits per heavy atom. The van der Waals surface area contributed by atoms with E-state index in [1.165, 1.54) is 40.4 Å². The predicted molar refractivity (Wildman–Crippen MR) is 160 cm³/mol. The normalized spacial score (nSPS) is 27.6. The molecule has 0 radical (unpaired) electrons.